The van der Waals surface area contributed by atoms with Crippen LogP contribution in [-0.4, -0.2) is 21.2 Å². The van der Waals surface area contributed by atoms with Gasteiger partial charge in [0.15, 0.2) is 5.82 Å². The van der Waals surface area contributed by atoms with Gasteiger partial charge in [-0.2, -0.15) is 5.10 Å². The van der Waals surface area contributed by atoms with Gasteiger partial charge in [0.25, 0.3) is 0 Å². The fraction of sp³-hybridized carbons (Fsp3) is 0.533. The number of anilines is 2. The van der Waals surface area contributed by atoms with Crippen LogP contribution in [0.3, 0.4) is 0 Å². The summed E-state index contributed by atoms with van der Waals surface area (Å²) in [5.74, 6) is 0.868. The molecule has 2 aromatic rings. The van der Waals surface area contributed by atoms with Crippen molar-refractivity contribution in [3.63, 3.8) is 0 Å². The Morgan fingerprint density at radius 2 is 1.91 bits per heavy atom. The SMILES string of the molecule is CC.CC.CCc1nc(C)c(Nc2ccn(C)n2)s1.NC=O. The van der Waals surface area contributed by atoms with Gasteiger partial charge in [-0.05, 0) is 13.3 Å². The van der Waals surface area contributed by atoms with Crippen molar-refractivity contribution in [3.8, 4) is 0 Å². The van der Waals surface area contributed by atoms with E-state index in [2.05, 4.69) is 28.1 Å². The number of amides is 1. The number of carbonyl (C=O) groups is 1. The summed E-state index contributed by atoms with van der Waals surface area (Å²) in [5, 5.41) is 9.79. The number of carbonyl (C=O) groups excluding carboxylic acids is 1. The second kappa shape index (κ2) is 14.1. The largest absolute Gasteiger partial charge is 0.372 e. The number of rotatable bonds is 3. The van der Waals surface area contributed by atoms with Gasteiger partial charge in [0.2, 0.25) is 6.41 Å². The summed E-state index contributed by atoms with van der Waals surface area (Å²) in [6.45, 7) is 12.1. The fourth-order valence-corrected chi connectivity index (χ4v) is 2.23. The molecule has 0 saturated heterocycles. The van der Waals surface area contributed by atoms with Crippen LogP contribution >= 0.6 is 11.3 Å². The molecule has 0 aliphatic rings. The molecule has 1 amide bonds. The highest BCUT2D eigenvalue weighted by Gasteiger charge is 2.07. The zero-order valence-corrected chi connectivity index (χ0v) is 15.5. The van der Waals surface area contributed by atoms with Crippen molar-refractivity contribution in [1.29, 1.82) is 0 Å². The van der Waals surface area contributed by atoms with Crippen LogP contribution in [0.25, 0.3) is 0 Å². The molecule has 2 rings (SSSR count). The first-order valence-electron chi connectivity index (χ1n) is 7.49. The van der Waals surface area contributed by atoms with E-state index < -0.39 is 0 Å². The molecule has 0 spiro atoms. The van der Waals surface area contributed by atoms with Crippen LogP contribution in [0, 0.1) is 6.92 Å². The molecule has 0 aliphatic carbocycles. The standard InChI is InChI=1S/C10H14N4S.2C2H6.CH3NO/c1-4-9-11-7(2)10(15-9)12-8-5-6-14(3)13-8;2*1-2;2-1-3/h5-6H,4H2,1-3H3,(H,12,13);2*1-2H3;1H,(H2,2,3). The van der Waals surface area contributed by atoms with Crippen molar-refractivity contribution in [2.24, 2.45) is 12.8 Å². The Hall–Kier alpha value is -1.89. The minimum absolute atomic E-state index is 0.250. The monoisotopic (exact) mass is 327 g/mol. The maximum Gasteiger partial charge on any atom is 0.204 e. The van der Waals surface area contributed by atoms with Crippen molar-refractivity contribution in [1.82, 2.24) is 14.8 Å². The van der Waals surface area contributed by atoms with Gasteiger partial charge in [-0.1, -0.05) is 34.6 Å². The van der Waals surface area contributed by atoms with E-state index in [1.807, 2.05) is 53.9 Å². The Bertz CT molecular complexity index is 508. The quantitative estimate of drug-likeness (QED) is 0.843. The molecule has 22 heavy (non-hydrogen) atoms. The second-order valence-corrected chi connectivity index (χ2v) is 4.60. The first-order valence-corrected chi connectivity index (χ1v) is 8.30. The molecular formula is C15H29N5OS. The third-order valence-electron chi connectivity index (χ3n) is 2.10. The third kappa shape index (κ3) is 8.41. The molecule has 0 saturated carbocycles. The number of thiazole rings is 1. The molecule has 0 radical (unpaired) electrons. The summed E-state index contributed by atoms with van der Waals surface area (Å²) in [6.07, 6.45) is 3.15. The van der Waals surface area contributed by atoms with E-state index in [0.29, 0.717) is 0 Å². The number of primary amides is 1. The van der Waals surface area contributed by atoms with Gasteiger partial charge in [0.05, 0.1) is 10.7 Å². The normalized spacial score (nSPS) is 8.32. The highest BCUT2D eigenvalue weighted by Crippen LogP contribution is 2.26. The molecule has 0 aromatic carbocycles. The van der Waals surface area contributed by atoms with Gasteiger partial charge in [0.1, 0.15) is 5.00 Å². The molecule has 0 fully saturated rings. The van der Waals surface area contributed by atoms with Crippen LogP contribution in [-0.2, 0) is 18.3 Å². The Kier molecular flexibility index (Phi) is 14.3. The Balaban J connectivity index is 0. The molecule has 0 atom stereocenters. The summed E-state index contributed by atoms with van der Waals surface area (Å²) in [7, 11) is 1.90. The number of hydrogen-bond acceptors (Lipinski definition) is 5. The predicted octanol–water partition coefficient (Wildman–Crippen LogP) is 3.64. The Labute approximate surface area is 137 Å². The van der Waals surface area contributed by atoms with Crippen LogP contribution in [0.2, 0.25) is 0 Å². The topological polar surface area (TPSA) is 85.8 Å². The van der Waals surface area contributed by atoms with Crippen LogP contribution in [0.5, 0.6) is 0 Å². The lowest BCUT2D eigenvalue weighted by Crippen LogP contribution is -1.93. The van der Waals surface area contributed by atoms with E-state index >= 15 is 0 Å². The van der Waals surface area contributed by atoms with Crippen molar-refractivity contribution in [2.75, 3.05) is 5.32 Å². The van der Waals surface area contributed by atoms with Crippen LogP contribution < -0.4 is 11.1 Å². The summed E-state index contributed by atoms with van der Waals surface area (Å²) in [5.41, 5.74) is 5.21. The van der Waals surface area contributed by atoms with Gasteiger partial charge in [-0.15, -0.1) is 11.3 Å². The first kappa shape index (κ1) is 22.4. The van der Waals surface area contributed by atoms with Gasteiger partial charge in [-0.3, -0.25) is 9.48 Å². The van der Waals surface area contributed by atoms with Crippen LogP contribution in [0.1, 0.15) is 45.3 Å². The van der Waals surface area contributed by atoms with Gasteiger partial charge < -0.3 is 11.1 Å². The van der Waals surface area contributed by atoms with Crippen molar-refractivity contribution in [2.45, 2.75) is 48.0 Å². The van der Waals surface area contributed by atoms with E-state index in [9.17, 15) is 0 Å². The molecule has 0 aliphatic heterocycles. The van der Waals surface area contributed by atoms with E-state index in [1.165, 1.54) is 0 Å². The minimum atomic E-state index is 0.250. The molecule has 3 N–H and O–H groups in total. The minimum Gasteiger partial charge on any atom is -0.372 e. The molecule has 7 heteroatoms. The molecule has 126 valence electrons. The van der Waals surface area contributed by atoms with Crippen molar-refractivity contribution < 1.29 is 4.79 Å². The number of nitrogens with zero attached hydrogens (tertiary/aromatic N) is 3. The highest BCUT2D eigenvalue weighted by atomic mass is 32.1. The number of hydrogen-bond donors (Lipinski definition) is 2. The van der Waals surface area contributed by atoms with Crippen LogP contribution in [0.4, 0.5) is 10.8 Å². The number of aromatic nitrogens is 3. The third-order valence-corrected chi connectivity index (χ3v) is 3.32. The van der Waals surface area contributed by atoms with Crippen molar-refractivity contribution in [3.05, 3.63) is 23.0 Å². The number of nitrogens with one attached hydrogen (secondary N) is 1. The van der Waals surface area contributed by atoms with E-state index in [1.54, 1.807) is 16.0 Å². The van der Waals surface area contributed by atoms with Gasteiger partial charge in [0, 0.05) is 19.3 Å². The molecule has 6 nitrogen and oxygen atoms in total. The summed E-state index contributed by atoms with van der Waals surface area (Å²) < 4.78 is 1.78. The van der Waals surface area contributed by atoms with E-state index in [4.69, 9.17) is 4.79 Å². The summed E-state index contributed by atoms with van der Waals surface area (Å²) >= 11 is 1.69. The fourth-order valence-electron chi connectivity index (χ4n) is 1.32. The average molecular weight is 327 g/mol. The van der Waals surface area contributed by atoms with E-state index in [-0.39, 0.29) is 6.41 Å². The maximum atomic E-state index is 8.58. The lowest BCUT2D eigenvalue weighted by Gasteiger charge is -1.98. The molecule has 2 heterocycles. The first-order chi connectivity index (χ1) is 10.6. The molecular weight excluding hydrogens is 298 g/mol. The van der Waals surface area contributed by atoms with Crippen molar-refractivity contribution >= 4 is 28.6 Å². The summed E-state index contributed by atoms with van der Waals surface area (Å²) in [4.78, 5) is 13.0. The van der Waals surface area contributed by atoms with Crippen LogP contribution in [0.15, 0.2) is 12.3 Å². The smallest absolute Gasteiger partial charge is 0.204 e. The van der Waals surface area contributed by atoms with Gasteiger partial charge in [-0.25, -0.2) is 4.98 Å². The predicted molar refractivity (Wildman–Crippen MR) is 95.7 cm³/mol. The maximum absolute atomic E-state index is 8.58. The highest BCUT2D eigenvalue weighted by molar-refractivity contribution is 7.15. The van der Waals surface area contributed by atoms with E-state index in [0.717, 1.165) is 27.9 Å². The zero-order chi connectivity index (χ0) is 17.5. The number of nitrogens with two attached hydrogens (primary N) is 1. The Morgan fingerprint density at radius 1 is 1.36 bits per heavy atom. The molecule has 0 unspecified atom stereocenters. The number of aryl methyl sites for hydroxylation is 3. The second-order valence-electron chi connectivity index (χ2n) is 3.51. The zero-order valence-electron chi connectivity index (χ0n) is 14.7. The lowest BCUT2D eigenvalue weighted by atomic mass is 10.5. The van der Waals surface area contributed by atoms with Gasteiger partial charge >= 0.3 is 0 Å². The molecule has 2 aromatic heterocycles. The average Bonchev–Trinajstić information content (AvgIpc) is 3.11. The Morgan fingerprint density at radius 3 is 2.27 bits per heavy atom. The lowest BCUT2D eigenvalue weighted by molar-refractivity contribution is -0.106. The summed E-state index contributed by atoms with van der Waals surface area (Å²) in [6, 6.07) is 1.95. The molecule has 0 bridgehead atoms.